The van der Waals surface area contributed by atoms with Crippen LogP contribution in [0.2, 0.25) is 0 Å². The number of rotatable bonds is 6. The number of hydrogen-bond acceptors (Lipinski definition) is 4. The molecule has 0 saturated heterocycles. The summed E-state index contributed by atoms with van der Waals surface area (Å²) in [5, 5.41) is 16.9. The maximum Gasteiger partial charge on any atom is 0.300 e. The van der Waals surface area contributed by atoms with Gasteiger partial charge in [-0.05, 0) is 24.1 Å². The molecule has 0 fully saturated rings. The number of benzene rings is 1. The fourth-order valence-electron chi connectivity index (χ4n) is 1.26. The molecule has 0 bridgehead atoms. The minimum atomic E-state index is -0.833. The molecule has 5 heteroatoms. The van der Waals surface area contributed by atoms with Crippen molar-refractivity contribution >= 4 is 5.97 Å². The van der Waals surface area contributed by atoms with Crippen LogP contribution in [0, 0.1) is 0 Å². The molecule has 2 N–H and O–H groups in total. The van der Waals surface area contributed by atoms with Gasteiger partial charge in [-0.3, -0.25) is 4.79 Å². The second-order valence-electron chi connectivity index (χ2n) is 3.93. The minimum absolute atomic E-state index is 0.161. The van der Waals surface area contributed by atoms with E-state index < -0.39 is 5.97 Å². The van der Waals surface area contributed by atoms with E-state index in [4.69, 9.17) is 19.4 Å². The summed E-state index contributed by atoms with van der Waals surface area (Å²) in [5.41, 5.74) is 0.962. The van der Waals surface area contributed by atoms with Crippen molar-refractivity contribution in [3.05, 3.63) is 23.8 Å². The quantitative estimate of drug-likeness (QED) is 0.777. The van der Waals surface area contributed by atoms with E-state index in [1.165, 1.54) is 7.11 Å². The molecular formula is C14H22O5. The van der Waals surface area contributed by atoms with Crippen LogP contribution in [0.25, 0.3) is 0 Å². The van der Waals surface area contributed by atoms with E-state index in [1.54, 1.807) is 12.1 Å². The third-order valence-corrected chi connectivity index (χ3v) is 2.15. The van der Waals surface area contributed by atoms with Crippen molar-refractivity contribution in [2.24, 2.45) is 0 Å². The van der Waals surface area contributed by atoms with Gasteiger partial charge in [0.05, 0.1) is 13.7 Å². The molecule has 0 aliphatic carbocycles. The molecular weight excluding hydrogens is 248 g/mol. The molecule has 1 aromatic rings. The number of phenols is 1. The van der Waals surface area contributed by atoms with Crippen LogP contribution < -0.4 is 4.74 Å². The van der Waals surface area contributed by atoms with E-state index in [-0.39, 0.29) is 5.75 Å². The van der Waals surface area contributed by atoms with E-state index in [1.807, 2.05) is 6.07 Å². The van der Waals surface area contributed by atoms with Gasteiger partial charge < -0.3 is 19.7 Å². The Labute approximate surface area is 113 Å². The number of methoxy groups -OCH3 is 1. The van der Waals surface area contributed by atoms with Gasteiger partial charge in [0.1, 0.15) is 0 Å². The average molecular weight is 270 g/mol. The molecule has 0 spiro atoms. The van der Waals surface area contributed by atoms with E-state index in [9.17, 15) is 5.11 Å². The van der Waals surface area contributed by atoms with Gasteiger partial charge in [-0.2, -0.15) is 0 Å². The predicted octanol–water partition coefficient (Wildman–Crippen LogP) is 2.81. The van der Waals surface area contributed by atoms with Crippen LogP contribution in [-0.4, -0.2) is 29.9 Å². The number of carbonyl (C=O) groups is 1. The van der Waals surface area contributed by atoms with Gasteiger partial charge in [-0.15, -0.1) is 0 Å². The first-order chi connectivity index (χ1) is 9.01. The summed E-state index contributed by atoms with van der Waals surface area (Å²) in [6.07, 6.45) is 2.20. The number of aromatic hydroxyl groups is 1. The van der Waals surface area contributed by atoms with Crippen molar-refractivity contribution in [1.82, 2.24) is 0 Å². The highest BCUT2D eigenvalue weighted by atomic mass is 16.5. The van der Waals surface area contributed by atoms with Crippen molar-refractivity contribution in [3.63, 3.8) is 0 Å². The predicted molar refractivity (Wildman–Crippen MR) is 72.5 cm³/mol. The van der Waals surface area contributed by atoms with Gasteiger partial charge in [-0.25, -0.2) is 0 Å². The lowest BCUT2D eigenvalue weighted by molar-refractivity contribution is -0.134. The van der Waals surface area contributed by atoms with Gasteiger partial charge in [0.25, 0.3) is 5.97 Å². The Balaban J connectivity index is 0.000000711. The highest BCUT2D eigenvalue weighted by molar-refractivity contribution is 5.62. The standard InChI is InChI=1S/C12H18O3.C2H4O2/c1-3-4-7-15-9-10-5-6-12(14-2)11(13)8-10;1-2(3)4/h5-6,8,13H,3-4,7,9H2,1-2H3;1H3,(H,3,4). The summed E-state index contributed by atoms with van der Waals surface area (Å²) in [5.74, 6) is -0.179. The molecule has 0 heterocycles. The molecule has 19 heavy (non-hydrogen) atoms. The van der Waals surface area contributed by atoms with Crippen molar-refractivity contribution in [2.45, 2.75) is 33.3 Å². The number of ether oxygens (including phenoxy) is 2. The van der Waals surface area contributed by atoms with Crippen LogP contribution in [0.5, 0.6) is 11.5 Å². The first-order valence-corrected chi connectivity index (χ1v) is 6.14. The minimum Gasteiger partial charge on any atom is -0.504 e. The Morgan fingerprint density at radius 3 is 2.47 bits per heavy atom. The van der Waals surface area contributed by atoms with Gasteiger partial charge >= 0.3 is 0 Å². The summed E-state index contributed by atoms with van der Waals surface area (Å²) in [4.78, 5) is 9.00. The monoisotopic (exact) mass is 270 g/mol. The number of phenolic OH excluding ortho intramolecular Hbond substituents is 1. The topological polar surface area (TPSA) is 76.0 Å². The maximum absolute atomic E-state index is 9.51. The van der Waals surface area contributed by atoms with Crippen LogP contribution in [0.4, 0.5) is 0 Å². The third kappa shape index (κ3) is 8.90. The molecule has 0 saturated carbocycles. The highest BCUT2D eigenvalue weighted by Crippen LogP contribution is 2.26. The number of carboxylic acid groups (broad SMARTS) is 1. The molecule has 108 valence electrons. The third-order valence-electron chi connectivity index (χ3n) is 2.15. The van der Waals surface area contributed by atoms with E-state index >= 15 is 0 Å². The first kappa shape index (κ1) is 17.2. The molecule has 0 aliphatic rings. The summed E-state index contributed by atoms with van der Waals surface area (Å²) in [7, 11) is 1.53. The summed E-state index contributed by atoms with van der Waals surface area (Å²) in [6, 6.07) is 5.31. The highest BCUT2D eigenvalue weighted by Gasteiger charge is 2.02. The van der Waals surface area contributed by atoms with E-state index in [2.05, 4.69) is 6.92 Å². The van der Waals surface area contributed by atoms with Gasteiger partial charge in [0.2, 0.25) is 0 Å². The van der Waals surface area contributed by atoms with Gasteiger partial charge in [-0.1, -0.05) is 19.4 Å². The molecule has 5 nitrogen and oxygen atoms in total. The Kier molecular flexibility index (Phi) is 9.26. The van der Waals surface area contributed by atoms with Crippen molar-refractivity contribution < 1.29 is 24.5 Å². The lowest BCUT2D eigenvalue weighted by Gasteiger charge is -2.06. The number of hydrogen-bond donors (Lipinski definition) is 2. The lowest BCUT2D eigenvalue weighted by atomic mass is 10.2. The van der Waals surface area contributed by atoms with Crippen LogP contribution in [0.15, 0.2) is 18.2 Å². The fourth-order valence-corrected chi connectivity index (χ4v) is 1.26. The van der Waals surface area contributed by atoms with Crippen molar-refractivity contribution in [2.75, 3.05) is 13.7 Å². The number of aliphatic carboxylic acids is 1. The first-order valence-electron chi connectivity index (χ1n) is 6.14. The SMILES string of the molecule is CC(=O)O.CCCCOCc1ccc(OC)c(O)c1. The Morgan fingerprint density at radius 2 is 2.00 bits per heavy atom. The van der Waals surface area contributed by atoms with E-state index in [0.29, 0.717) is 12.4 Å². The fraction of sp³-hybridized carbons (Fsp3) is 0.500. The molecule has 0 atom stereocenters. The average Bonchev–Trinajstić information content (AvgIpc) is 2.34. The zero-order chi connectivity index (χ0) is 14.7. The second-order valence-corrected chi connectivity index (χ2v) is 3.93. The molecule has 0 aromatic heterocycles. The van der Waals surface area contributed by atoms with E-state index in [0.717, 1.165) is 31.9 Å². The molecule has 0 unspecified atom stereocenters. The van der Waals surface area contributed by atoms with Crippen LogP contribution in [0.3, 0.4) is 0 Å². The van der Waals surface area contributed by atoms with Crippen molar-refractivity contribution in [1.29, 1.82) is 0 Å². The number of carboxylic acids is 1. The summed E-state index contributed by atoms with van der Waals surface area (Å²) < 4.78 is 10.4. The summed E-state index contributed by atoms with van der Waals surface area (Å²) in [6.45, 7) is 4.52. The Bertz CT molecular complexity index is 372. The van der Waals surface area contributed by atoms with Gasteiger partial charge in [0.15, 0.2) is 11.5 Å². The second kappa shape index (κ2) is 10.2. The Hall–Kier alpha value is -1.75. The maximum atomic E-state index is 9.51. The zero-order valence-corrected chi connectivity index (χ0v) is 11.7. The van der Waals surface area contributed by atoms with Crippen molar-refractivity contribution in [3.8, 4) is 11.5 Å². The lowest BCUT2D eigenvalue weighted by Crippen LogP contribution is -1.95. The molecule has 0 aliphatic heterocycles. The number of unbranched alkanes of at least 4 members (excludes halogenated alkanes) is 1. The smallest absolute Gasteiger partial charge is 0.300 e. The Morgan fingerprint density at radius 1 is 1.37 bits per heavy atom. The normalized spacial score (nSPS) is 9.42. The van der Waals surface area contributed by atoms with Crippen LogP contribution >= 0.6 is 0 Å². The molecule has 0 radical (unpaired) electrons. The molecule has 1 aromatic carbocycles. The van der Waals surface area contributed by atoms with Crippen LogP contribution in [-0.2, 0) is 16.1 Å². The largest absolute Gasteiger partial charge is 0.504 e. The summed E-state index contributed by atoms with van der Waals surface area (Å²) >= 11 is 0. The van der Waals surface area contributed by atoms with Crippen LogP contribution in [0.1, 0.15) is 32.3 Å². The zero-order valence-electron chi connectivity index (χ0n) is 11.7. The molecule has 1 rings (SSSR count). The van der Waals surface area contributed by atoms with Gasteiger partial charge in [0, 0.05) is 13.5 Å². The molecule has 0 amide bonds.